The summed E-state index contributed by atoms with van der Waals surface area (Å²) >= 11 is 0. The third kappa shape index (κ3) is 8.00. The first-order valence-electron chi connectivity index (χ1n) is 7.14. The van der Waals surface area contributed by atoms with E-state index >= 15 is 0 Å². The minimum Gasteiger partial charge on any atom is -0.444 e. The van der Waals surface area contributed by atoms with Crippen molar-refractivity contribution in [3.05, 3.63) is 25.3 Å². The molecule has 0 radical (unpaired) electrons. The highest BCUT2D eigenvalue weighted by Gasteiger charge is 2.22. The van der Waals surface area contributed by atoms with E-state index in [1.165, 1.54) is 0 Å². The molecule has 1 unspecified atom stereocenters. The Hall–Kier alpha value is -1.29. The molecule has 1 N–H and O–H groups in total. The van der Waals surface area contributed by atoms with Crippen molar-refractivity contribution in [2.75, 3.05) is 19.6 Å². The summed E-state index contributed by atoms with van der Waals surface area (Å²) < 4.78 is 5.26. The molecule has 20 heavy (non-hydrogen) atoms. The molecule has 0 saturated carbocycles. The van der Waals surface area contributed by atoms with Crippen LogP contribution in [0, 0.1) is 5.92 Å². The van der Waals surface area contributed by atoms with Crippen LogP contribution in [-0.2, 0) is 4.74 Å². The fourth-order valence-electron chi connectivity index (χ4n) is 1.97. The fourth-order valence-corrected chi connectivity index (χ4v) is 1.97. The molecule has 0 aliphatic heterocycles. The van der Waals surface area contributed by atoms with Gasteiger partial charge in [0, 0.05) is 25.7 Å². The number of amides is 1. The number of rotatable bonds is 8. The summed E-state index contributed by atoms with van der Waals surface area (Å²) in [5.41, 5.74) is -0.473. The van der Waals surface area contributed by atoms with Gasteiger partial charge in [-0.15, -0.1) is 13.2 Å². The normalized spacial score (nSPS) is 13.2. The summed E-state index contributed by atoms with van der Waals surface area (Å²) in [4.78, 5) is 14.0. The zero-order valence-electron chi connectivity index (χ0n) is 13.6. The van der Waals surface area contributed by atoms with E-state index in [1.54, 1.807) is 0 Å². The van der Waals surface area contributed by atoms with Crippen molar-refractivity contribution in [2.24, 2.45) is 5.92 Å². The molecule has 0 aliphatic rings. The average Bonchev–Trinajstić information content (AvgIpc) is 2.26. The Morgan fingerprint density at radius 3 is 2.10 bits per heavy atom. The lowest BCUT2D eigenvalue weighted by Gasteiger charge is -2.33. The molecule has 0 aliphatic carbocycles. The summed E-state index contributed by atoms with van der Waals surface area (Å²) in [6.45, 7) is 19.5. The third-order valence-corrected chi connectivity index (χ3v) is 2.82. The highest BCUT2D eigenvalue weighted by molar-refractivity contribution is 5.67. The lowest BCUT2D eigenvalue weighted by atomic mass is 10.0. The minimum atomic E-state index is -0.473. The number of carbonyl (C=O) groups is 1. The first-order valence-corrected chi connectivity index (χ1v) is 7.14. The van der Waals surface area contributed by atoms with Gasteiger partial charge in [-0.05, 0) is 26.7 Å². The molecule has 0 aromatic rings. The average molecular weight is 282 g/mol. The fraction of sp³-hybridized carbons (Fsp3) is 0.688. The van der Waals surface area contributed by atoms with E-state index in [0.717, 1.165) is 13.1 Å². The van der Waals surface area contributed by atoms with Crippen LogP contribution < -0.4 is 5.32 Å². The lowest BCUT2D eigenvalue weighted by molar-refractivity contribution is 0.0501. The van der Waals surface area contributed by atoms with Gasteiger partial charge in [-0.3, -0.25) is 4.90 Å². The molecular formula is C16H30N2O2. The van der Waals surface area contributed by atoms with Crippen LogP contribution in [0.2, 0.25) is 0 Å². The monoisotopic (exact) mass is 282 g/mol. The Morgan fingerprint density at radius 1 is 1.25 bits per heavy atom. The van der Waals surface area contributed by atoms with Crippen molar-refractivity contribution >= 4 is 6.09 Å². The quantitative estimate of drug-likeness (QED) is 0.695. The zero-order valence-corrected chi connectivity index (χ0v) is 13.6. The van der Waals surface area contributed by atoms with E-state index in [9.17, 15) is 4.79 Å². The number of nitrogens with zero attached hydrogens (tertiary/aromatic N) is 1. The van der Waals surface area contributed by atoms with Crippen molar-refractivity contribution in [3.8, 4) is 0 Å². The highest BCUT2D eigenvalue weighted by atomic mass is 16.6. The first kappa shape index (κ1) is 18.7. The van der Waals surface area contributed by atoms with E-state index in [2.05, 4.69) is 37.2 Å². The maximum absolute atomic E-state index is 11.7. The summed E-state index contributed by atoms with van der Waals surface area (Å²) in [5, 5.41) is 2.85. The second-order valence-electron chi connectivity index (χ2n) is 6.23. The van der Waals surface area contributed by atoms with E-state index in [4.69, 9.17) is 4.74 Å². The second-order valence-corrected chi connectivity index (χ2v) is 6.23. The van der Waals surface area contributed by atoms with E-state index in [1.807, 2.05) is 32.9 Å². The van der Waals surface area contributed by atoms with Crippen LogP contribution in [0.15, 0.2) is 25.3 Å². The maximum Gasteiger partial charge on any atom is 0.407 e. The van der Waals surface area contributed by atoms with Gasteiger partial charge in [0.05, 0.1) is 0 Å². The zero-order chi connectivity index (χ0) is 15.8. The molecule has 0 fully saturated rings. The molecular weight excluding hydrogens is 252 g/mol. The third-order valence-electron chi connectivity index (χ3n) is 2.82. The number of nitrogens with one attached hydrogen (secondary N) is 1. The van der Waals surface area contributed by atoms with Crippen LogP contribution in [0.4, 0.5) is 4.79 Å². The molecule has 0 aromatic carbocycles. The molecule has 0 spiro atoms. The van der Waals surface area contributed by atoms with Crippen LogP contribution in [0.1, 0.15) is 34.6 Å². The second kappa shape index (κ2) is 8.80. The largest absolute Gasteiger partial charge is 0.444 e. The van der Waals surface area contributed by atoms with Crippen molar-refractivity contribution < 1.29 is 9.53 Å². The van der Waals surface area contributed by atoms with Gasteiger partial charge in [0.15, 0.2) is 0 Å². The van der Waals surface area contributed by atoms with Crippen LogP contribution in [0.25, 0.3) is 0 Å². The van der Waals surface area contributed by atoms with Gasteiger partial charge in [-0.2, -0.15) is 0 Å². The number of carbonyl (C=O) groups excluding carboxylic acids is 1. The topological polar surface area (TPSA) is 41.6 Å². The molecule has 116 valence electrons. The van der Waals surface area contributed by atoms with Gasteiger partial charge < -0.3 is 10.1 Å². The number of hydrogen-bond donors (Lipinski definition) is 1. The van der Waals surface area contributed by atoms with Gasteiger partial charge in [0.1, 0.15) is 5.60 Å². The predicted octanol–water partition coefficient (Wildman–Crippen LogP) is 3.21. The van der Waals surface area contributed by atoms with Crippen LogP contribution >= 0.6 is 0 Å². The van der Waals surface area contributed by atoms with Crippen molar-refractivity contribution in [2.45, 2.75) is 46.3 Å². The number of hydrogen-bond acceptors (Lipinski definition) is 3. The SMILES string of the molecule is C=CCN(CC=C)C(CNC(=O)OC(C)(C)C)C(C)C. The van der Waals surface area contributed by atoms with Gasteiger partial charge in [-0.25, -0.2) is 4.79 Å². The first-order chi connectivity index (χ1) is 9.21. The maximum atomic E-state index is 11.7. The summed E-state index contributed by atoms with van der Waals surface area (Å²) in [6.07, 6.45) is 3.36. The Labute approximate surface area is 123 Å². The van der Waals surface area contributed by atoms with E-state index in [-0.39, 0.29) is 12.1 Å². The molecule has 1 atom stereocenters. The predicted molar refractivity (Wildman–Crippen MR) is 84.8 cm³/mol. The summed E-state index contributed by atoms with van der Waals surface area (Å²) in [6, 6.07) is 0.221. The van der Waals surface area contributed by atoms with Crippen molar-refractivity contribution in [3.63, 3.8) is 0 Å². The lowest BCUT2D eigenvalue weighted by Crippen LogP contribution is -2.47. The Bertz CT molecular complexity index is 309. The smallest absolute Gasteiger partial charge is 0.407 e. The molecule has 0 heterocycles. The van der Waals surface area contributed by atoms with Crippen molar-refractivity contribution in [1.29, 1.82) is 0 Å². The van der Waals surface area contributed by atoms with Gasteiger partial charge in [-0.1, -0.05) is 26.0 Å². The number of alkyl carbamates (subject to hydrolysis) is 1. The molecule has 0 saturated heterocycles. The molecule has 4 nitrogen and oxygen atoms in total. The summed E-state index contributed by atoms with van der Waals surface area (Å²) in [7, 11) is 0. The van der Waals surface area contributed by atoms with Gasteiger partial charge in [0.2, 0.25) is 0 Å². The van der Waals surface area contributed by atoms with Crippen LogP contribution in [0.3, 0.4) is 0 Å². The standard InChI is InChI=1S/C16H30N2O2/c1-8-10-18(11-9-2)14(13(3)4)12-17-15(19)20-16(5,6)7/h8-9,13-14H,1-2,10-12H2,3-7H3,(H,17,19). The Morgan fingerprint density at radius 2 is 1.75 bits per heavy atom. The van der Waals surface area contributed by atoms with Gasteiger partial charge in [0.25, 0.3) is 0 Å². The van der Waals surface area contributed by atoms with Crippen molar-refractivity contribution in [1.82, 2.24) is 10.2 Å². The summed E-state index contributed by atoms with van der Waals surface area (Å²) in [5.74, 6) is 0.407. The molecule has 1 amide bonds. The highest BCUT2D eigenvalue weighted by Crippen LogP contribution is 2.11. The molecule has 0 aromatic heterocycles. The molecule has 4 heteroatoms. The van der Waals surface area contributed by atoms with Crippen LogP contribution in [-0.4, -0.2) is 42.3 Å². The molecule has 0 rings (SSSR count). The minimum absolute atomic E-state index is 0.221. The number of ether oxygens (including phenoxy) is 1. The van der Waals surface area contributed by atoms with E-state index < -0.39 is 5.60 Å². The van der Waals surface area contributed by atoms with Crippen LogP contribution in [0.5, 0.6) is 0 Å². The molecule has 0 bridgehead atoms. The van der Waals surface area contributed by atoms with Gasteiger partial charge >= 0.3 is 6.09 Å². The Balaban J connectivity index is 4.56. The Kier molecular flexibility index (Phi) is 8.23. The van der Waals surface area contributed by atoms with E-state index in [0.29, 0.717) is 12.5 Å².